The fourth-order valence-corrected chi connectivity index (χ4v) is 2.28. The second-order valence-corrected chi connectivity index (χ2v) is 5.06. The normalized spacial score (nSPS) is 22.2. The van der Waals surface area contributed by atoms with Crippen molar-refractivity contribution in [2.45, 2.75) is 51.6 Å². The van der Waals surface area contributed by atoms with Crippen molar-refractivity contribution in [3.8, 4) is 0 Å². The summed E-state index contributed by atoms with van der Waals surface area (Å²) in [5.74, 6) is 1.83. The van der Waals surface area contributed by atoms with Crippen LogP contribution >= 0.6 is 0 Å². The van der Waals surface area contributed by atoms with Gasteiger partial charge in [-0.3, -0.25) is 4.90 Å². The van der Waals surface area contributed by atoms with E-state index >= 15 is 0 Å². The molecule has 1 aromatic heterocycles. The molecule has 1 saturated heterocycles. The van der Waals surface area contributed by atoms with E-state index in [-0.39, 0.29) is 0 Å². The Morgan fingerprint density at radius 1 is 1.47 bits per heavy atom. The van der Waals surface area contributed by atoms with Crippen LogP contribution in [0.1, 0.15) is 50.7 Å². The van der Waals surface area contributed by atoms with Crippen LogP contribution in [0.3, 0.4) is 0 Å². The molecule has 0 aromatic carbocycles. The Morgan fingerprint density at radius 3 is 2.94 bits per heavy atom. The first-order valence-electron chi connectivity index (χ1n) is 6.47. The molecule has 2 rings (SSSR count). The molecule has 0 spiro atoms. The molecule has 1 atom stereocenters. The highest BCUT2D eigenvalue weighted by molar-refractivity contribution is 4.92. The van der Waals surface area contributed by atoms with Gasteiger partial charge in [0.1, 0.15) is 0 Å². The maximum atomic E-state index is 5.79. The van der Waals surface area contributed by atoms with Gasteiger partial charge >= 0.3 is 0 Å². The van der Waals surface area contributed by atoms with Gasteiger partial charge in [0.2, 0.25) is 5.89 Å². The molecule has 96 valence electrons. The Bertz CT molecular complexity index is 350. The van der Waals surface area contributed by atoms with Crippen LogP contribution < -0.4 is 5.73 Å². The van der Waals surface area contributed by atoms with Crippen molar-refractivity contribution >= 4 is 0 Å². The van der Waals surface area contributed by atoms with E-state index in [1.807, 2.05) is 0 Å². The Balaban J connectivity index is 1.98. The quantitative estimate of drug-likeness (QED) is 0.861. The Labute approximate surface area is 102 Å². The number of likely N-dealkylation sites (tertiary alicyclic amines) is 1. The predicted octanol–water partition coefficient (Wildman–Crippen LogP) is 1.51. The summed E-state index contributed by atoms with van der Waals surface area (Å²) in [4.78, 5) is 6.77. The molecule has 1 aromatic rings. The first-order valence-corrected chi connectivity index (χ1v) is 6.47. The molecule has 0 bridgehead atoms. The summed E-state index contributed by atoms with van der Waals surface area (Å²) in [6.45, 7) is 6.67. The number of hydrogen-bond donors (Lipinski definition) is 1. The molecule has 0 aliphatic carbocycles. The monoisotopic (exact) mass is 238 g/mol. The third-order valence-electron chi connectivity index (χ3n) is 3.36. The van der Waals surface area contributed by atoms with Crippen molar-refractivity contribution in [1.82, 2.24) is 15.0 Å². The number of hydrogen-bond acceptors (Lipinski definition) is 5. The minimum absolute atomic E-state index is 0.319. The van der Waals surface area contributed by atoms with Crippen LogP contribution in [-0.4, -0.2) is 34.2 Å². The van der Waals surface area contributed by atoms with Crippen molar-refractivity contribution in [2.24, 2.45) is 5.73 Å². The van der Waals surface area contributed by atoms with E-state index in [0.717, 1.165) is 18.9 Å². The summed E-state index contributed by atoms with van der Waals surface area (Å²) in [6, 6.07) is 0.471. The minimum atomic E-state index is 0.319. The summed E-state index contributed by atoms with van der Waals surface area (Å²) in [5, 5.41) is 3.99. The zero-order chi connectivity index (χ0) is 12.3. The highest BCUT2D eigenvalue weighted by atomic mass is 16.5. The van der Waals surface area contributed by atoms with E-state index in [1.54, 1.807) is 0 Å². The minimum Gasteiger partial charge on any atom is -0.338 e. The number of nitrogens with zero attached hydrogens (tertiary/aromatic N) is 3. The van der Waals surface area contributed by atoms with E-state index in [2.05, 4.69) is 28.9 Å². The fourth-order valence-electron chi connectivity index (χ4n) is 2.28. The third-order valence-corrected chi connectivity index (χ3v) is 3.36. The van der Waals surface area contributed by atoms with Crippen LogP contribution in [0.4, 0.5) is 0 Å². The van der Waals surface area contributed by atoms with Crippen molar-refractivity contribution < 1.29 is 4.52 Å². The molecule has 0 radical (unpaired) electrons. The van der Waals surface area contributed by atoms with Gasteiger partial charge in [0.15, 0.2) is 5.82 Å². The summed E-state index contributed by atoms with van der Waals surface area (Å²) in [7, 11) is 0. The van der Waals surface area contributed by atoms with Crippen molar-refractivity contribution in [3.63, 3.8) is 0 Å². The van der Waals surface area contributed by atoms with Gasteiger partial charge in [-0.1, -0.05) is 25.4 Å². The van der Waals surface area contributed by atoms with Gasteiger partial charge in [0, 0.05) is 18.5 Å². The topological polar surface area (TPSA) is 68.2 Å². The third kappa shape index (κ3) is 3.04. The lowest BCUT2D eigenvalue weighted by atomic mass is 10.0. The Kier molecular flexibility index (Phi) is 4.12. The van der Waals surface area contributed by atoms with E-state index in [1.165, 1.54) is 19.3 Å². The highest BCUT2D eigenvalue weighted by Crippen LogP contribution is 2.19. The molecule has 2 heterocycles. The molecular weight excluding hydrogens is 216 g/mol. The molecular formula is C12H22N4O. The molecule has 5 nitrogen and oxygen atoms in total. The van der Waals surface area contributed by atoms with Crippen LogP contribution in [0.25, 0.3) is 0 Å². The van der Waals surface area contributed by atoms with E-state index < -0.39 is 0 Å². The lowest BCUT2D eigenvalue weighted by Crippen LogP contribution is -2.43. The van der Waals surface area contributed by atoms with Crippen molar-refractivity contribution in [3.05, 3.63) is 11.7 Å². The lowest BCUT2D eigenvalue weighted by molar-refractivity contribution is 0.128. The SMILES string of the molecule is CC(C)c1noc(CN2CCCCC2CN)n1. The Morgan fingerprint density at radius 2 is 2.29 bits per heavy atom. The number of nitrogens with two attached hydrogens (primary N) is 1. The first-order chi connectivity index (χ1) is 8.20. The standard InChI is InChI=1S/C12H22N4O/c1-9(2)12-14-11(17-15-12)8-16-6-4-3-5-10(16)7-13/h9-10H,3-8,13H2,1-2H3. The van der Waals surface area contributed by atoms with Gasteiger partial charge in [-0.05, 0) is 19.4 Å². The van der Waals surface area contributed by atoms with Gasteiger partial charge < -0.3 is 10.3 Å². The van der Waals surface area contributed by atoms with Gasteiger partial charge in [-0.25, -0.2) is 0 Å². The second kappa shape index (κ2) is 5.60. The van der Waals surface area contributed by atoms with Crippen LogP contribution in [0.5, 0.6) is 0 Å². The zero-order valence-corrected chi connectivity index (χ0v) is 10.7. The van der Waals surface area contributed by atoms with Crippen molar-refractivity contribution in [1.29, 1.82) is 0 Å². The fraction of sp³-hybridized carbons (Fsp3) is 0.833. The van der Waals surface area contributed by atoms with Crippen LogP contribution in [0.15, 0.2) is 4.52 Å². The maximum Gasteiger partial charge on any atom is 0.240 e. The molecule has 1 aliphatic heterocycles. The number of rotatable bonds is 4. The Hall–Kier alpha value is -0.940. The van der Waals surface area contributed by atoms with Crippen LogP contribution in [-0.2, 0) is 6.54 Å². The first kappa shape index (κ1) is 12.5. The molecule has 2 N–H and O–H groups in total. The number of aromatic nitrogens is 2. The molecule has 1 fully saturated rings. The molecule has 0 amide bonds. The zero-order valence-electron chi connectivity index (χ0n) is 10.7. The molecule has 1 unspecified atom stereocenters. The molecule has 1 aliphatic rings. The predicted molar refractivity (Wildman–Crippen MR) is 65.5 cm³/mol. The summed E-state index contributed by atoms with van der Waals surface area (Å²) < 4.78 is 5.28. The lowest BCUT2D eigenvalue weighted by Gasteiger charge is -2.33. The van der Waals surface area contributed by atoms with Gasteiger partial charge in [-0.2, -0.15) is 4.98 Å². The highest BCUT2D eigenvalue weighted by Gasteiger charge is 2.23. The van der Waals surface area contributed by atoms with Gasteiger partial charge in [0.25, 0.3) is 0 Å². The van der Waals surface area contributed by atoms with Gasteiger partial charge in [-0.15, -0.1) is 0 Å². The summed E-state index contributed by atoms with van der Waals surface area (Å²) in [6.07, 6.45) is 3.70. The van der Waals surface area contributed by atoms with Crippen LogP contribution in [0.2, 0.25) is 0 Å². The van der Waals surface area contributed by atoms with Crippen molar-refractivity contribution in [2.75, 3.05) is 13.1 Å². The smallest absolute Gasteiger partial charge is 0.240 e. The van der Waals surface area contributed by atoms with Gasteiger partial charge in [0.05, 0.1) is 6.54 Å². The molecule has 0 saturated carbocycles. The summed E-state index contributed by atoms with van der Waals surface area (Å²) >= 11 is 0. The summed E-state index contributed by atoms with van der Waals surface area (Å²) in [5.41, 5.74) is 5.79. The average Bonchev–Trinajstić information content (AvgIpc) is 2.78. The van der Waals surface area contributed by atoms with E-state index in [0.29, 0.717) is 24.4 Å². The maximum absolute atomic E-state index is 5.79. The molecule has 17 heavy (non-hydrogen) atoms. The largest absolute Gasteiger partial charge is 0.338 e. The second-order valence-electron chi connectivity index (χ2n) is 5.06. The van der Waals surface area contributed by atoms with Crippen LogP contribution in [0, 0.1) is 0 Å². The number of piperidine rings is 1. The molecule has 5 heteroatoms. The van der Waals surface area contributed by atoms with E-state index in [9.17, 15) is 0 Å². The average molecular weight is 238 g/mol. The van der Waals surface area contributed by atoms with E-state index in [4.69, 9.17) is 10.3 Å².